The number of esters is 1. The topological polar surface area (TPSA) is 94.1 Å². The van der Waals surface area contributed by atoms with Gasteiger partial charge in [0.15, 0.2) is 0 Å². The van der Waals surface area contributed by atoms with Crippen LogP contribution in [0.5, 0.6) is 0 Å². The van der Waals surface area contributed by atoms with Crippen LogP contribution in [-0.2, 0) is 27.9 Å². The van der Waals surface area contributed by atoms with Crippen LogP contribution in [0.25, 0.3) is 0 Å². The number of allylic oxidation sites excluding steroid dienone is 2. The lowest BCUT2D eigenvalue weighted by Gasteiger charge is -2.28. The Morgan fingerprint density at radius 3 is 1.33 bits per heavy atom. The molecule has 8 nitrogen and oxygen atoms in total. The van der Waals surface area contributed by atoms with E-state index in [-0.39, 0.29) is 25.8 Å². The number of hydrogen-bond donors (Lipinski definition) is 0. The summed E-state index contributed by atoms with van der Waals surface area (Å²) < 4.78 is 34.7. The monoisotopic (exact) mass is 830 g/mol. The second-order valence-electron chi connectivity index (χ2n) is 17.8. The van der Waals surface area contributed by atoms with E-state index >= 15 is 0 Å². The summed E-state index contributed by atoms with van der Waals surface area (Å²) in [4.78, 5) is 25.1. The maximum Gasteiger partial charge on any atom is 0.306 e. The third-order valence-corrected chi connectivity index (χ3v) is 11.8. The van der Waals surface area contributed by atoms with Crippen molar-refractivity contribution in [1.29, 1.82) is 0 Å². The molecule has 0 aliphatic heterocycles. The van der Waals surface area contributed by atoms with Crippen molar-refractivity contribution in [2.75, 3.05) is 54.1 Å². The van der Waals surface area contributed by atoms with E-state index in [1.54, 1.807) is 0 Å². The molecule has 0 aromatic heterocycles. The molecule has 1 unspecified atom stereocenters. The van der Waals surface area contributed by atoms with Gasteiger partial charge in [-0.3, -0.25) is 9.36 Å². The molecule has 0 saturated carbocycles. The first-order valence-electron chi connectivity index (χ1n) is 24.4. The van der Waals surface area contributed by atoms with Crippen LogP contribution in [0.4, 0.5) is 0 Å². The molecule has 0 aliphatic carbocycles. The Balaban J connectivity index is 4.15. The highest BCUT2D eigenvalue weighted by Crippen LogP contribution is 2.38. The Hall–Kier alpha value is -0.760. The molecule has 0 spiro atoms. The van der Waals surface area contributed by atoms with Crippen LogP contribution >= 0.6 is 7.82 Å². The lowest BCUT2D eigenvalue weighted by atomic mass is 10.0. The molecule has 0 bridgehead atoms. The van der Waals surface area contributed by atoms with Gasteiger partial charge in [-0.2, -0.15) is 0 Å². The molecule has 57 heavy (non-hydrogen) atoms. The Labute approximate surface area is 354 Å². The van der Waals surface area contributed by atoms with Crippen LogP contribution in [0.1, 0.15) is 232 Å². The third kappa shape index (κ3) is 46.2. The molecule has 0 N–H and O–H groups in total. The highest BCUT2D eigenvalue weighted by Gasteiger charge is 2.20. The van der Waals surface area contributed by atoms with Gasteiger partial charge in [-0.25, -0.2) is 0 Å². The van der Waals surface area contributed by atoms with Gasteiger partial charge in [-0.15, -0.1) is 0 Å². The number of ether oxygens (including phenoxy) is 2. The van der Waals surface area contributed by atoms with E-state index in [1.807, 2.05) is 21.1 Å². The van der Waals surface area contributed by atoms with E-state index in [1.165, 1.54) is 180 Å². The SMILES string of the molecule is CCCCCCCC/C=C\CCCCCCCCCC(=O)O[C@H](COCCCCCCCCCCCCCCCCCCCC)COP(=O)([O-])OCC[N+](C)(C)C. The van der Waals surface area contributed by atoms with Crippen molar-refractivity contribution in [3.63, 3.8) is 0 Å². The van der Waals surface area contributed by atoms with Gasteiger partial charge in [0, 0.05) is 13.0 Å². The predicted molar refractivity (Wildman–Crippen MR) is 241 cm³/mol. The number of rotatable bonds is 46. The number of nitrogens with zero attached hydrogens (tertiary/aromatic N) is 1. The molecule has 2 atom stereocenters. The standard InChI is InChI=1S/C48H96NO7P/c1-6-8-10-12-14-16-18-20-22-24-26-28-30-32-34-36-38-40-43-53-45-47(46-55-57(51,52)54-44-42-49(3,4)5)56-48(50)41-39-37-35-33-31-29-27-25-23-21-19-17-15-13-11-9-7-2/h21,23,47H,6-20,22,24-46H2,1-5H3/b23-21-/t47-/m1/s1. The Morgan fingerprint density at radius 1 is 0.526 bits per heavy atom. The molecule has 0 aliphatic rings. The average Bonchev–Trinajstić information content (AvgIpc) is 3.16. The van der Waals surface area contributed by atoms with Gasteiger partial charge >= 0.3 is 5.97 Å². The minimum atomic E-state index is -4.52. The van der Waals surface area contributed by atoms with Gasteiger partial charge in [-0.1, -0.05) is 199 Å². The van der Waals surface area contributed by atoms with Crippen LogP contribution in [0.2, 0.25) is 0 Å². The Kier molecular flexibility index (Phi) is 41.4. The van der Waals surface area contributed by atoms with Gasteiger partial charge in [-0.05, 0) is 38.5 Å². The molecule has 340 valence electrons. The first kappa shape index (κ1) is 56.2. The van der Waals surface area contributed by atoms with E-state index in [9.17, 15) is 14.3 Å². The fourth-order valence-corrected chi connectivity index (χ4v) is 7.74. The third-order valence-electron chi connectivity index (χ3n) is 10.8. The molecule has 0 aromatic carbocycles. The number of carbonyl (C=O) groups is 1. The van der Waals surface area contributed by atoms with Crippen LogP contribution < -0.4 is 4.89 Å². The number of phosphoric acid groups is 1. The quantitative estimate of drug-likeness (QED) is 0.0198. The van der Waals surface area contributed by atoms with Gasteiger partial charge in [0.05, 0.1) is 34.4 Å². The zero-order valence-corrected chi connectivity index (χ0v) is 39.5. The lowest BCUT2D eigenvalue weighted by molar-refractivity contribution is -0.870. The largest absolute Gasteiger partial charge is 0.756 e. The molecular weight excluding hydrogens is 734 g/mol. The zero-order valence-electron chi connectivity index (χ0n) is 38.6. The van der Waals surface area contributed by atoms with Crippen molar-refractivity contribution >= 4 is 13.8 Å². The fourth-order valence-electron chi connectivity index (χ4n) is 7.01. The smallest absolute Gasteiger partial charge is 0.306 e. The summed E-state index contributed by atoms with van der Waals surface area (Å²) in [5, 5.41) is 0. The first-order valence-corrected chi connectivity index (χ1v) is 25.9. The van der Waals surface area contributed by atoms with E-state index < -0.39 is 13.9 Å². The number of likely N-dealkylation sites (N-methyl/N-ethyl adjacent to an activating group) is 1. The van der Waals surface area contributed by atoms with Crippen molar-refractivity contribution in [3.8, 4) is 0 Å². The molecule has 9 heteroatoms. The van der Waals surface area contributed by atoms with Crippen molar-refractivity contribution in [2.45, 2.75) is 238 Å². The first-order chi connectivity index (χ1) is 27.6. The number of carbonyl (C=O) groups excluding carboxylic acids is 1. The average molecular weight is 830 g/mol. The minimum absolute atomic E-state index is 0.0287. The predicted octanol–water partition coefficient (Wildman–Crippen LogP) is 14.0. The van der Waals surface area contributed by atoms with Crippen LogP contribution in [-0.4, -0.2) is 70.7 Å². The molecule has 0 rings (SSSR count). The minimum Gasteiger partial charge on any atom is -0.756 e. The number of unbranched alkanes of at least 4 members (excludes halogenated alkanes) is 30. The second kappa shape index (κ2) is 42.0. The van der Waals surface area contributed by atoms with Gasteiger partial charge in [0.25, 0.3) is 7.82 Å². The molecule has 0 saturated heterocycles. The summed E-state index contributed by atoms with van der Waals surface area (Å²) in [5.74, 6) is -0.334. The summed E-state index contributed by atoms with van der Waals surface area (Å²) in [6, 6.07) is 0. The van der Waals surface area contributed by atoms with E-state index in [4.69, 9.17) is 18.5 Å². The number of phosphoric ester groups is 1. The molecule has 0 aromatic rings. The van der Waals surface area contributed by atoms with Crippen molar-refractivity contribution in [3.05, 3.63) is 12.2 Å². The van der Waals surface area contributed by atoms with Crippen molar-refractivity contribution in [2.24, 2.45) is 0 Å². The van der Waals surface area contributed by atoms with E-state index in [0.29, 0.717) is 24.1 Å². The van der Waals surface area contributed by atoms with Crippen LogP contribution in [0.3, 0.4) is 0 Å². The summed E-state index contributed by atoms with van der Waals surface area (Å²) in [6.07, 6.45) is 46.5. The van der Waals surface area contributed by atoms with Crippen molar-refractivity contribution in [1.82, 2.24) is 0 Å². The molecule has 0 amide bonds. The normalized spacial score (nSPS) is 13.7. The maximum atomic E-state index is 12.7. The number of quaternary nitrogens is 1. The fraction of sp³-hybridized carbons (Fsp3) is 0.938. The van der Waals surface area contributed by atoms with Crippen molar-refractivity contribution < 1.29 is 37.3 Å². The lowest BCUT2D eigenvalue weighted by Crippen LogP contribution is -2.37. The summed E-state index contributed by atoms with van der Waals surface area (Å²) >= 11 is 0. The van der Waals surface area contributed by atoms with Crippen LogP contribution in [0, 0.1) is 0 Å². The van der Waals surface area contributed by atoms with Gasteiger partial charge < -0.3 is 27.9 Å². The summed E-state index contributed by atoms with van der Waals surface area (Å²) in [7, 11) is 1.37. The van der Waals surface area contributed by atoms with Crippen LogP contribution in [0.15, 0.2) is 12.2 Å². The Bertz CT molecular complexity index is 925. The van der Waals surface area contributed by atoms with Gasteiger partial charge in [0.1, 0.15) is 19.3 Å². The second-order valence-corrected chi connectivity index (χ2v) is 19.2. The highest BCUT2D eigenvalue weighted by molar-refractivity contribution is 7.45. The highest BCUT2D eigenvalue weighted by atomic mass is 31.2. The maximum absolute atomic E-state index is 12.7. The van der Waals surface area contributed by atoms with Gasteiger partial charge in [0.2, 0.25) is 0 Å². The zero-order chi connectivity index (χ0) is 42.0. The molecule has 0 radical (unpaired) electrons. The summed E-state index contributed by atoms with van der Waals surface area (Å²) in [6.45, 7) is 5.46. The number of hydrogen-bond acceptors (Lipinski definition) is 7. The molecule has 0 heterocycles. The van der Waals surface area contributed by atoms with E-state index in [0.717, 1.165) is 32.1 Å². The molecular formula is C48H96NO7P. The molecule has 0 fully saturated rings. The Morgan fingerprint density at radius 2 is 0.912 bits per heavy atom. The van der Waals surface area contributed by atoms with E-state index in [2.05, 4.69) is 26.0 Å². The summed E-state index contributed by atoms with van der Waals surface area (Å²) in [5.41, 5.74) is 0.